The average molecular weight is 450 g/mol. The van der Waals surface area contributed by atoms with Crippen molar-refractivity contribution < 1.29 is 23.4 Å². The molecule has 9 nitrogen and oxygen atoms in total. The van der Waals surface area contributed by atoms with E-state index in [1.165, 1.54) is 27.6 Å². The Hall–Kier alpha value is -3.98. The lowest BCUT2D eigenvalue weighted by Gasteiger charge is -2.14. The van der Waals surface area contributed by atoms with Gasteiger partial charge in [-0.2, -0.15) is 0 Å². The highest BCUT2D eigenvalue weighted by atomic mass is 16.5. The molecule has 0 aliphatic carbocycles. The second kappa shape index (κ2) is 9.66. The number of nitrogens with zero attached hydrogens (tertiary/aromatic N) is 1. The van der Waals surface area contributed by atoms with Crippen molar-refractivity contribution in [2.45, 2.75) is 19.0 Å². The van der Waals surface area contributed by atoms with E-state index in [9.17, 15) is 4.79 Å². The van der Waals surface area contributed by atoms with Gasteiger partial charge in [0.25, 0.3) is 5.91 Å². The number of hydrogen-bond acceptors (Lipinski definition) is 7. The minimum absolute atomic E-state index is 0.159. The summed E-state index contributed by atoms with van der Waals surface area (Å²) in [6, 6.07) is 11.0. The number of oxazole rings is 1. The highest BCUT2D eigenvalue weighted by Gasteiger charge is 2.19. The standard InChI is InChI=1S/C24H26N4O5/c1-30-20-8-14(9-21(31-2)22(20)32-3)11-27-23(29)19-13-33-24(28-19)17(25)10-15-12-26-18-7-5-4-6-16(15)18/h4-9,12-13,17,26H,10-11,25H2,1-3H3,(H,27,29). The van der Waals surface area contributed by atoms with Gasteiger partial charge >= 0.3 is 0 Å². The van der Waals surface area contributed by atoms with E-state index >= 15 is 0 Å². The molecule has 0 aliphatic heterocycles. The van der Waals surface area contributed by atoms with Gasteiger partial charge in [0.1, 0.15) is 6.26 Å². The number of fused-ring (bicyclic) bond motifs is 1. The molecule has 172 valence electrons. The van der Waals surface area contributed by atoms with Gasteiger partial charge in [-0.1, -0.05) is 18.2 Å². The summed E-state index contributed by atoms with van der Waals surface area (Å²) in [5.74, 6) is 1.43. The number of nitrogens with two attached hydrogens (primary N) is 1. The summed E-state index contributed by atoms with van der Waals surface area (Å²) >= 11 is 0. The van der Waals surface area contributed by atoms with Gasteiger partial charge in [0.05, 0.1) is 27.4 Å². The number of H-pyrrole nitrogens is 1. The molecule has 4 rings (SSSR count). The zero-order chi connectivity index (χ0) is 23.4. The van der Waals surface area contributed by atoms with Crippen LogP contribution in [0.4, 0.5) is 0 Å². The summed E-state index contributed by atoms with van der Waals surface area (Å²) in [6.07, 6.45) is 3.77. The SMILES string of the molecule is COc1cc(CNC(=O)c2coc(C(N)Cc3c[nH]c4ccccc34)n2)cc(OC)c1OC. The fraction of sp³-hybridized carbons (Fsp3) is 0.250. The highest BCUT2D eigenvalue weighted by Crippen LogP contribution is 2.38. The number of carbonyl (C=O) groups is 1. The number of ether oxygens (including phenoxy) is 3. The van der Waals surface area contributed by atoms with Crippen molar-refractivity contribution in [3.8, 4) is 17.2 Å². The smallest absolute Gasteiger partial charge is 0.273 e. The van der Waals surface area contributed by atoms with Gasteiger partial charge < -0.3 is 34.7 Å². The van der Waals surface area contributed by atoms with E-state index in [1.54, 1.807) is 12.1 Å². The van der Waals surface area contributed by atoms with Gasteiger partial charge in [-0.25, -0.2) is 4.98 Å². The number of methoxy groups -OCH3 is 3. The van der Waals surface area contributed by atoms with Crippen LogP contribution >= 0.6 is 0 Å². The van der Waals surface area contributed by atoms with Crippen LogP contribution in [0.2, 0.25) is 0 Å². The Balaban J connectivity index is 1.42. The molecule has 2 aromatic heterocycles. The molecule has 0 saturated heterocycles. The van der Waals surface area contributed by atoms with Crippen LogP contribution in [0.3, 0.4) is 0 Å². The maximum atomic E-state index is 12.6. The van der Waals surface area contributed by atoms with E-state index in [-0.39, 0.29) is 18.1 Å². The summed E-state index contributed by atoms with van der Waals surface area (Å²) in [5.41, 5.74) is 9.34. The van der Waals surface area contributed by atoms with Crippen molar-refractivity contribution >= 4 is 16.8 Å². The Morgan fingerprint density at radius 1 is 1.15 bits per heavy atom. The van der Waals surface area contributed by atoms with Gasteiger partial charge in [-0.3, -0.25) is 4.79 Å². The van der Waals surface area contributed by atoms with E-state index < -0.39 is 6.04 Å². The number of rotatable bonds is 9. The van der Waals surface area contributed by atoms with Crippen LogP contribution in [0.5, 0.6) is 17.2 Å². The van der Waals surface area contributed by atoms with E-state index in [0.29, 0.717) is 29.6 Å². The van der Waals surface area contributed by atoms with Gasteiger partial charge in [0.2, 0.25) is 11.6 Å². The Labute approximate surface area is 190 Å². The third-order valence-corrected chi connectivity index (χ3v) is 5.36. The average Bonchev–Trinajstić information content (AvgIpc) is 3.50. The predicted molar refractivity (Wildman–Crippen MR) is 123 cm³/mol. The van der Waals surface area contributed by atoms with E-state index in [0.717, 1.165) is 22.0 Å². The molecule has 0 fully saturated rings. The number of aromatic amines is 1. The highest BCUT2D eigenvalue weighted by molar-refractivity contribution is 5.91. The molecule has 0 spiro atoms. The number of para-hydroxylation sites is 1. The van der Waals surface area contributed by atoms with Gasteiger partial charge in [0, 0.05) is 23.6 Å². The third-order valence-electron chi connectivity index (χ3n) is 5.36. The molecule has 0 radical (unpaired) electrons. The van der Waals surface area contributed by atoms with Crippen LogP contribution in [0, 0.1) is 0 Å². The number of amides is 1. The third kappa shape index (κ3) is 4.63. The second-order valence-electron chi connectivity index (χ2n) is 7.46. The lowest BCUT2D eigenvalue weighted by molar-refractivity contribution is 0.0945. The van der Waals surface area contributed by atoms with Crippen LogP contribution in [-0.2, 0) is 13.0 Å². The summed E-state index contributed by atoms with van der Waals surface area (Å²) in [6.45, 7) is 0.235. The molecular formula is C24H26N4O5. The quantitative estimate of drug-likeness (QED) is 0.357. The molecule has 1 amide bonds. The number of nitrogens with one attached hydrogen (secondary N) is 2. The maximum Gasteiger partial charge on any atom is 0.273 e. The lowest BCUT2D eigenvalue weighted by Crippen LogP contribution is -2.23. The molecule has 1 unspecified atom stereocenters. The fourth-order valence-corrected chi connectivity index (χ4v) is 3.70. The van der Waals surface area contributed by atoms with Crippen molar-refractivity contribution in [2.75, 3.05) is 21.3 Å². The van der Waals surface area contributed by atoms with Crippen molar-refractivity contribution in [1.82, 2.24) is 15.3 Å². The van der Waals surface area contributed by atoms with Crippen molar-refractivity contribution in [3.63, 3.8) is 0 Å². The zero-order valence-corrected chi connectivity index (χ0v) is 18.7. The van der Waals surface area contributed by atoms with E-state index in [2.05, 4.69) is 15.3 Å². The fourth-order valence-electron chi connectivity index (χ4n) is 3.70. The van der Waals surface area contributed by atoms with Crippen LogP contribution in [0.25, 0.3) is 10.9 Å². The largest absolute Gasteiger partial charge is 0.493 e. The minimum Gasteiger partial charge on any atom is -0.493 e. The van der Waals surface area contributed by atoms with E-state index in [4.69, 9.17) is 24.4 Å². The molecule has 0 saturated carbocycles. The summed E-state index contributed by atoms with van der Waals surface area (Å²) in [5, 5.41) is 3.92. The Morgan fingerprint density at radius 2 is 1.88 bits per heavy atom. The van der Waals surface area contributed by atoms with Crippen molar-refractivity contribution in [2.24, 2.45) is 5.73 Å². The number of aromatic nitrogens is 2. The van der Waals surface area contributed by atoms with Gasteiger partial charge in [0.15, 0.2) is 17.2 Å². The molecule has 9 heteroatoms. The molecule has 0 aliphatic rings. The molecule has 2 heterocycles. The van der Waals surface area contributed by atoms with Crippen molar-refractivity contribution in [3.05, 3.63) is 71.6 Å². The number of benzene rings is 2. The van der Waals surface area contributed by atoms with E-state index in [1.807, 2.05) is 30.5 Å². The monoisotopic (exact) mass is 450 g/mol. The molecular weight excluding hydrogens is 424 g/mol. The lowest BCUT2D eigenvalue weighted by atomic mass is 10.1. The Morgan fingerprint density at radius 3 is 2.58 bits per heavy atom. The van der Waals surface area contributed by atoms with Crippen LogP contribution in [0.1, 0.15) is 33.5 Å². The number of hydrogen-bond donors (Lipinski definition) is 3. The Kier molecular flexibility index (Phi) is 6.50. The maximum absolute atomic E-state index is 12.6. The molecule has 33 heavy (non-hydrogen) atoms. The van der Waals surface area contributed by atoms with Crippen LogP contribution in [0.15, 0.2) is 53.3 Å². The first kappa shape index (κ1) is 22.2. The molecule has 0 bridgehead atoms. The molecule has 4 N–H and O–H groups in total. The number of carbonyl (C=O) groups excluding carboxylic acids is 1. The van der Waals surface area contributed by atoms with Crippen molar-refractivity contribution in [1.29, 1.82) is 0 Å². The Bertz CT molecular complexity index is 1240. The first-order valence-corrected chi connectivity index (χ1v) is 10.4. The first-order chi connectivity index (χ1) is 16.0. The first-order valence-electron chi connectivity index (χ1n) is 10.4. The summed E-state index contributed by atoms with van der Waals surface area (Å²) in [4.78, 5) is 20.1. The second-order valence-corrected chi connectivity index (χ2v) is 7.46. The topological polar surface area (TPSA) is 125 Å². The zero-order valence-electron chi connectivity index (χ0n) is 18.7. The summed E-state index contributed by atoms with van der Waals surface area (Å²) in [7, 11) is 4.61. The molecule has 2 aromatic carbocycles. The summed E-state index contributed by atoms with van der Waals surface area (Å²) < 4.78 is 21.5. The minimum atomic E-state index is -0.485. The molecule has 1 atom stereocenters. The van der Waals surface area contributed by atoms with Crippen LogP contribution in [-0.4, -0.2) is 37.2 Å². The van der Waals surface area contributed by atoms with Gasteiger partial charge in [-0.15, -0.1) is 0 Å². The predicted octanol–water partition coefficient (Wildman–Crippen LogP) is 3.35. The van der Waals surface area contributed by atoms with Gasteiger partial charge in [-0.05, 0) is 35.7 Å². The van der Waals surface area contributed by atoms with Crippen LogP contribution < -0.4 is 25.3 Å². The molecule has 4 aromatic rings. The normalized spacial score (nSPS) is 11.9.